The summed E-state index contributed by atoms with van der Waals surface area (Å²) in [6.07, 6.45) is 8.00. The lowest BCUT2D eigenvalue weighted by molar-refractivity contribution is -0.0439. The van der Waals surface area contributed by atoms with Crippen LogP contribution in [0.2, 0.25) is 0 Å². The summed E-state index contributed by atoms with van der Waals surface area (Å²) in [6, 6.07) is 0. The van der Waals surface area contributed by atoms with Gasteiger partial charge in [-0.25, -0.2) is 0 Å². The van der Waals surface area contributed by atoms with Crippen molar-refractivity contribution in [3.05, 3.63) is 23.8 Å². The molecule has 4 atom stereocenters. The van der Waals surface area contributed by atoms with Crippen molar-refractivity contribution in [2.75, 3.05) is 7.11 Å². The average molecular weight is 234 g/mol. The van der Waals surface area contributed by atoms with Gasteiger partial charge in [0.2, 0.25) is 0 Å². The third-order valence-corrected chi connectivity index (χ3v) is 5.15. The molecule has 0 aromatic carbocycles. The monoisotopic (exact) mass is 234 g/mol. The Kier molecular flexibility index (Phi) is 3.49. The summed E-state index contributed by atoms with van der Waals surface area (Å²) in [5.74, 6) is 1.30. The van der Waals surface area contributed by atoms with Crippen molar-refractivity contribution >= 4 is 0 Å². The largest absolute Gasteiger partial charge is 0.381 e. The van der Waals surface area contributed by atoms with Crippen LogP contribution >= 0.6 is 0 Å². The average Bonchev–Trinajstić information content (AvgIpc) is 2.29. The van der Waals surface area contributed by atoms with Gasteiger partial charge in [-0.15, -0.1) is 0 Å². The quantitative estimate of drug-likeness (QED) is 0.690. The van der Waals surface area contributed by atoms with Crippen molar-refractivity contribution in [2.24, 2.45) is 17.3 Å². The minimum atomic E-state index is 0.439. The Bertz CT molecular complexity index is 341. The first-order chi connectivity index (χ1) is 7.98. The number of ether oxygens (including phenoxy) is 1. The molecule has 0 aromatic rings. The Morgan fingerprint density at radius 2 is 2.18 bits per heavy atom. The van der Waals surface area contributed by atoms with Crippen molar-refractivity contribution in [2.45, 2.75) is 52.6 Å². The van der Waals surface area contributed by atoms with E-state index in [-0.39, 0.29) is 0 Å². The van der Waals surface area contributed by atoms with Crippen molar-refractivity contribution in [1.82, 2.24) is 0 Å². The first kappa shape index (κ1) is 12.9. The van der Waals surface area contributed by atoms with Crippen molar-refractivity contribution in [1.29, 1.82) is 0 Å². The highest BCUT2D eigenvalue weighted by Crippen LogP contribution is 2.52. The second-order valence-electron chi connectivity index (χ2n) is 6.32. The molecule has 1 heteroatoms. The molecule has 0 aromatic heterocycles. The van der Waals surface area contributed by atoms with Gasteiger partial charge < -0.3 is 4.74 Å². The molecule has 17 heavy (non-hydrogen) atoms. The topological polar surface area (TPSA) is 9.23 Å². The number of fused-ring (bicyclic) bond motifs is 1. The zero-order valence-corrected chi connectivity index (χ0v) is 11.8. The van der Waals surface area contributed by atoms with Gasteiger partial charge in [-0.3, -0.25) is 0 Å². The molecule has 2 rings (SSSR count). The van der Waals surface area contributed by atoms with Crippen LogP contribution in [0.15, 0.2) is 23.8 Å². The first-order valence-electron chi connectivity index (χ1n) is 6.87. The van der Waals surface area contributed by atoms with Crippen LogP contribution in [0.1, 0.15) is 46.5 Å². The second kappa shape index (κ2) is 4.61. The summed E-state index contributed by atoms with van der Waals surface area (Å²) in [7, 11) is 1.86. The van der Waals surface area contributed by atoms with Gasteiger partial charge in [0.25, 0.3) is 0 Å². The molecule has 96 valence electrons. The Labute approximate surface area is 106 Å². The van der Waals surface area contributed by atoms with E-state index in [4.69, 9.17) is 4.74 Å². The Hall–Kier alpha value is -0.560. The molecular weight excluding hydrogens is 208 g/mol. The van der Waals surface area contributed by atoms with E-state index < -0.39 is 0 Å². The molecule has 1 saturated carbocycles. The third-order valence-electron chi connectivity index (χ3n) is 5.15. The molecule has 0 saturated heterocycles. The SMILES string of the molecule is C=C(C)C1=CC2[C@H](C)[C@@H](OC)CC[C@@]2(C)CC1. The minimum absolute atomic E-state index is 0.439. The summed E-state index contributed by atoms with van der Waals surface area (Å²) < 4.78 is 5.64. The normalized spacial score (nSPS) is 41.6. The molecule has 1 fully saturated rings. The van der Waals surface area contributed by atoms with Gasteiger partial charge in [0.05, 0.1) is 6.10 Å². The van der Waals surface area contributed by atoms with Gasteiger partial charge in [0.1, 0.15) is 0 Å². The lowest BCUT2D eigenvalue weighted by Crippen LogP contribution is -2.44. The number of hydrogen-bond donors (Lipinski definition) is 0. The Morgan fingerprint density at radius 1 is 1.47 bits per heavy atom. The molecule has 0 aliphatic heterocycles. The fourth-order valence-electron chi connectivity index (χ4n) is 3.82. The molecule has 1 nitrogen and oxygen atoms in total. The molecule has 0 N–H and O–H groups in total. The first-order valence-corrected chi connectivity index (χ1v) is 6.87. The molecule has 0 heterocycles. The number of rotatable bonds is 2. The van der Waals surface area contributed by atoms with Crippen LogP contribution in [0.4, 0.5) is 0 Å². The summed E-state index contributed by atoms with van der Waals surface area (Å²) in [5.41, 5.74) is 3.22. The molecule has 1 unspecified atom stereocenters. The number of methoxy groups -OCH3 is 1. The Balaban J connectivity index is 2.28. The van der Waals surface area contributed by atoms with Gasteiger partial charge in [0, 0.05) is 7.11 Å². The standard InChI is InChI=1S/C16H26O/c1-11(2)13-6-8-16(4)9-7-15(17-5)12(3)14(16)10-13/h10,12,14-15H,1,6-9H2,2-5H3/t12-,14?,15-,16+/m0/s1. The van der Waals surface area contributed by atoms with Crippen molar-refractivity contribution in [3.8, 4) is 0 Å². The molecule has 0 spiro atoms. The third kappa shape index (κ3) is 2.22. The van der Waals surface area contributed by atoms with E-state index in [1.54, 1.807) is 0 Å². The molecule has 2 aliphatic carbocycles. The van der Waals surface area contributed by atoms with Crippen LogP contribution in [0.25, 0.3) is 0 Å². The second-order valence-corrected chi connectivity index (χ2v) is 6.32. The summed E-state index contributed by atoms with van der Waals surface area (Å²) in [6.45, 7) is 11.1. The van der Waals surface area contributed by atoms with E-state index >= 15 is 0 Å². The predicted octanol–water partition coefficient (Wildman–Crippen LogP) is 4.35. The maximum absolute atomic E-state index is 5.64. The van der Waals surface area contributed by atoms with Gasteiger partial charge >= 0.3 is 0 Å². The van der Waals surface area contributed by atoms with Crippen LogP contribution in [-0.2, 0) is 4.74 Å². The maximum Gasteiger partial charge on any atom is 0.0602 e. The minimum Gasteiger partial charge on any atom is -0.381 e. The lowest BCUT2D eigenvalue weighted by atomic mass is 9.57. The summed E-state index contributed by atoms with van der Waals surface area (Å²) in [5, 5.41) is 0. The zero-order chi connectivity index (χ0) is 12.6. The van der Waals surface area contributed by atoms with E-state index in [9.17, 15) is 0 Å². The van der Waals surface area contributed by atoms with E-state index in [0.29, 0.717) is 23.4 Å². The molecular formula is C16H26O. The Morgan fingerprint density at radius 3 is 2.76 bits per heavy atom. The van der Waals surface area contributed by atoms with Gasteiger partial charge in [-0.1, -0.05) is 32.1 Å². The van der Waals surface area contributed by atoms with Crippen LogP contribution in [0, 0.1) is 17.3 Å². The lowest BCUT2D eigenvalue weighted by Gasteiger charge is -2.50. The smallest absolute Gasteiger partial charge is 0.0602 e. The molecule has 0 bridgehead atoms. The van der Waals surface area contributed by atoms with E-state index in [1.807, 2.05) is 7.11 Å². The van der Waals surface area contributed by atoms with E-state index in [2.05, 4.69) is 33.4 Å². The maximum atomic E-state index is 5.64. The molecule has 2 aliphatic rings. The molecule has 0 amide bonds. The summed E-state index contributed by atoms with van der Waals surface area (Å²) in [4.78, 5) is 0. The fraction of sp³-hybridized carbons (Fsp3) is 0.750. The fourth-order valence-corrected chi connectivity index (χ4v) is 3.82. The van der Waals surface area contributed by atoms with Crippen LogP contribution in [0.3, 0.4) is 0 Å². The van der Waals surface area contributed by atoms with Crippen molar-refractivity contribution < 1.29 is 4.74 Å². The number of hydrogen-bond acceptors (Lipinski definition) is 1. The zero-order valence-electron chi connectivity index (χ0n) is 11.8. The highest BCUT2D eigenvalue weighted by atomic mass is 16.5. The van der Waals surface area contributed by atoms with Crippen LogP contribution in [0.5, 0.6) is 0 Å². The highest BCUT2D eigenvalue weighted by molar-refractivity contribution is 5.30. The molecule has 0 radical (unpaired) electrons. The highest BCUT2D eigenvalue weighted by Gasteiger charge is 2.45. The van der Waals surface area contributed by atoms with Gasteiger partial charge in [-0.05, 0) is 55.4 Å². The summed E-state index contributed by atoms with van der Waals surface area (Å²) >= 11 is 0. The van der Waals surface area contributed by atoms with Gasteiger partial charge in [0.15, 0.2) is 0 Å². The van der Waals surface area contributed by atoms with E-state index in [1.165, 1.54) is 36.8 Å². The van der Waals surface area contributed by atoms with Crippen LogP contribution in [-0.4, -0.2) is 13.2 Å². The predicted molar refractivity (Wildman–Crippen MR) is 72.9 cm³/mol. The number of allylic oxidation sites excluding steroid dienone is 3. The van der Waals surface area contributed by atoms with Crippen molar-refractivity contribution in [3.63, 3.8) is 0 Å². The van der Waals surface area contributed by atoms with Gasteiger partial charge in [-0.2, -0.15) is 0 Å². The van der Waals surface area contributed by atoms with Crippen LogP contribution < -0.4 is 0 Å². The van der Waals surface area contributed by atoms with E-state index in [0.717, 1.165) is 0 Å².